The number of nitrogens with zero attached hydrogens (tertiary/aromatic N) is 1. The number of hydrogen-bond donors (Lipinski definition) is 2. The van der Waals surface area contributed by atoms with Gasteiger partial charge in [-0.2, -0.15) is 0 Å². The number of urea groups is 1. The summed E-state index contributed by atoms with van der Waals surface area (Å²) in [7, 11) is 0. The van der Waals surface area contributed by atoms with E-state index in [-0.39, 0.29) is 11.6 Å². The number of carbonyl (C=O) groups excluding carboxylic acids is 3. The van der Waals surface area contributed by atoms with E-state index in [1.165, 1.54) is 12.1 Å². The van der Waals surface area contributed by atoms with Gasteiger partial charge in [0.15, 0.2) is 6.61 Å². The standard InChI is InChI=1S/C19H23N3O5S/c1-4-12(2)20-19(25)22-17(23)10-27-18(24)14-5-7-16(8-6-14)26-9-15-11-28-13(3)21-15/h5-8,11-12H,4,9-10H2,1-3H3,(H2,20,22,23,25)/t12-/m0/s1. The molecule has 0 saturated heterocycles. The van der Waals surface area contributed by atoms with Gasteiger partial charge >= 0.3 is 12.0 Å². The van der Waals surface area contributed by atoms with E-state index in [1.807, 2.05) is 26.2 Å². The first-order valence-electron chi connectivity index (χ1n) is 8.78. The maximum atomic E-state index is 12.0. The molecule has 2 rings (SSSR count). The van der Waals surface area contributed by atoms with Crippen molar-refractivity contribution >= 4 is 29.2 Å². The Bertz CT molecular complexity index is 819. The predicted octanol–water partition coefficient (Wildman–Crippen LogP) is 2.81. The number of ether oxygens (including phenoxy) is 2. The first-order valence-corrected chi connectivity index (χ1v) is 9.66. The SMILES string of the molecule is CC[C@H](C)NC(=O)NC(=O)COC(=O)c1ccc(OCc2csc(C)n2)cc1. The van der Waals surface area contributed by atoms with Gasteiger partial charge < -0.3 is 14.8 Å². The van der Waals surface area contributed by atoms with Crippen molar-refractivity contribution in [3.63, 3.8) is 0 Å². The van der Waals surface area contributed by atoms with Crippen molar-refractivity contribution < 1.29 is 23.9 Å². The van der Waals surface area contributed by atoms with Gasteiger partial charge in [-0.25, -0.2) is 14.6 Å². The largest absolute Gasteiger partial charge is 0.487 e. The topological polar surface area (TPSA) is 107 Å². The summed E-state index contributed by atoms with van der Waals surface area (Å²) in [6, 6.07) is 5.67. The summed E-state index contributed by atoms with van der Waals surface area (Å²) in [4.78, 5) is 39.5. The molecule has 8 nitrogen and oxygen atoms in total. The number of aromatic nitrogens is 1. The number of hydrogen-bond acceptors (Lipinski definition) is 7. The molecule has 0 unspecified atom stereocenters. The minimum Gasteiger partial charge on any atom is -0.487 e. The van der Waals surface area contributed by atoms with Crippen LogP contribution in [0.2, 0.25) is 0 Å². The second-order valence-electron chi connectivity index (χ2n) is 6.08. The normalized spacial score (nSPS) is 11.4. The van der Waals surface area contributed by atoms with E-state index in [0.29, 0.717) is 12.4 Å². The number of imide groups is 1. The third-order valence-corrected chi connectivity index (χ3v) is 4.54. The van der Waals surface area contributed by atoms with E-state index in [1.54, 1.807) is 23.5 Å². The maximum absolute atomic E-state index is 12.0. The van der Waals surface area contributed by atoms with E-state index in [0.717, 1.165) is 17.1 Å². The summed E-state index contributed by atoms with van der Waals surface area (Å²) in [6.45, 7) is 5.44. The highest BCUT2D eigenvalue weighted by Gasteiger charge is 2.13. The van der Waals surface area contributed by atoms with Gasteiger partial charge in [0.25, 0.3) is 5.91 Å². The molecule has 3 amide bonds. The van der Waals surface area contributed by atoms with Crippen molar-refractivity contribution in [1.29, 1.82) is 0 Å². The van der Waals surface area contributed by atoms with Crippen molar-refractivity contribution in [3.8, 4) is 5.75 Å². The zero-order valence-corrected chi connectivity index (χ0v) is 16.8. The highest BCUT2D eigenvalue weighted by atomic mass is 32.1. The van der Waals surface area contributed by atoms with Crippen molar-refractivity contribution in [2.24, 2.45) is 0 Å². The monoisotopic (exact) mass is 405 g/mol. The van der Waals surface area contributed by atoms with Crippen molar-refractivity contribution in [3.05, 3.63) is 45.9 Å². The number of aryl methyl sites for hydroxylation is 1. The van der Waals surface area contributed by atoms with Gasteiger partial charge in [-0.3, -0.25) is 10.1 Å². The molecule has 1 aromatic carbocycles. The van der Waals surface area contributed by atoms with E-state index >= 15 is 0 Å². The molecule has 0 bridgehead atoms. The Hall–Kier alpha value is -2.94. The molecule has 0 aliphatic heterocycles. The Morgan fingerprint density at radius 1 is 1.21 bits per heavy atom. The Morgan fingerprint density at radius 2 is 1.93 bits per heavy atom. The van der Waals surface area contributed by atoms with Crippen LogP contribution < -0.4 is 15.4 Å². The van der Waals surface area contributed by atoms with Crippen LogP contribution in [0, 0.1) is 6.92 Å². The lowest BCUT2D eigenvalue weighted by Gasteiger charge is -2.11. The van der Waals surface area contributed by atoms with Crippen molar-refractivity contribution in [1.82, 2.24) is 15.6 Å². The zero-order chi connectivity index (χ0) is 20.5. The fraction of sp³-hybridized carbons (Fsp3) is 0.368. The molecular weight excluding hydrogens is 382 g/mol. The minimum atomic E-state index is -0.701. The lowest BCUT2D eigenvalue weighted by molar-refractivity contribution is -0.123. The van der Waals surface area contributed by atoms with Gasteiger partial charge in [-0.15, -0.1) is 11.3 Å². The molecule has 0 radical (unpaired) electrons. The Morgan fingerprint density at radius 3 is 2.54 bits per heavy atom. The molecule has 0 aliphatic carbocycles. The summed E-state index contributed by atoms with van der Waals surface area (Å²) in [6.07, 6.45) is 0.736. The van der Waals surface area contributed by atoms with Crippen LogP contribution in [0.3, 0.4) is 0 Å². The van der Waals surface area contributed by atoms with Gasteiger partial charge in [-0.1, -0.05) is 6.92 Å². The molecule has 1 atom stereocenters. The smallest absolute Gasteiger partial charge is 0.338 e. The number of carbonyl (C=O) groups is 3. The number of amides is 3. The third-order valence-electron chi connectivity index (χ3n) is 3.72. The second kappa shape index (κ2) is 10.4. The van der Waals surface area contributed by atoms with Gasteiger partial charge in [0.2, 0.25) is 0 Å². The Labute approximate surface area is 167 Å². The summed E-state index contributed by atoms with van der Waals surface area (Å²) in [5.41, 5.74) is 1.11. The van der Waals surface area contributed by atoms with Crippen LogP contribution in [0.25, 0.3) is 0 Å². The number of nitrogens with one attached hydrogen (secondary N) is 2. The van der Waals surface area contributed by atoms with Gasteiger partial charge in [-0.05, 0) is 44.5 Å². The first kappa shape index (κ1) is 21.4. The van der Waals surface area contributed by atoms with Crippen molar-refractivity contribution in [2.45, 2.75) is 39.8 Å². The summed E-state index contributed by atoms with van der Waals surface area (Å²) >= 11 is 1.55. The molecule has 9 heteroatoms. The average molecular weight is 405 g/mol. The van der Waals surface area contributed by atoms with E-state index < -0.39 is 24.5 Å². The summed E-state index contributed by atoms with van der Waals surface area (Å²) < 4.78 is 10.5. The molecule has 0 aliphatic rings. The maximum Gasteiger partial charge on any atom is 0.338 e. The molecule has 2 N–H and O–H groups in total. The molecule has 0 spiro atoms. The van der Waals surface area contributed by atoms with Crippen LogP contribution in [0.15, 0.2) is 29.6 Å². The summed E-state index contributed by atoms with van der Waals surface area (Å²) in [5.74, 6) is -0.784. The van der Waals surface area contributed by atoms with Crippen LogP contribution in [-0.4, -0.2) is 35.5 Å². The molecule has 1 aromatic heterocycles. The highest BCUT2D eigenvalue weighted by Crippen LogP contribution is 2.16. The molecule has 1 heterocycles. The van der Waals surface area contributed by atoms with Crippen LogP contribution in [-0.2, 0) is 16.1 Å². The predicted molar refractivity (Wildman–Crippen MR) is 104 cm³/mol. The Kier molecular flexibility index (Phi) is 7.94. The van der Waals surface area contributed by atoms with Crippen LogP contribution in [0.1, 0.15) is 41.3 Å². The molecule has 28 heavy (non-hydrogen) atoms. The van der Waals surface area contributed by atoms with E-state index in [9.17, 15) is 14.4 Å². The first-order chi connectivity index (χ1) is 13.4. The Balaban J connectivity index is 1.76. The second-order valence-corrected chi connectivity index (χ2v) is 7.14. The van der Waals surface area contributed by atoms with Crippen LogP contribution in [0.4, 0.5) is 4.79 Å². The average Bonchev–Trinajstić information content (AvgIpc) is 3.09. The van der Waals surface area contributed by atoms with E-state index in [4.69, 9.17) is 9.47 Å². The fourth-order valence-electron chi connectivity index (χ4n) is 2.06. The quantitative estimate of drug-likeness (QED) is 0.654. The number of thiazole rings is 1. The lowest BCUT2D eigenvalue weighted by Crippen LogP contribution is -2.44. The molecule has 0 saturated carbocycles. The van der Waals surface area contributed by atoms with Crippen LogP contribution in [0.5, 0.6) is 5.75 Å². The number of benzene rings is 1. The lowest BCUT2D eigenvalue weighted by atomic mass is 10.2. The van der Waals surface area contributed by atoms with Gasteiger partial charge in [0.05, 0.1) is 16.3 Å². The van der Waals surface area contributed by atoms with Gasteiger partial charge in [0.1, 0.15) is 12.4 Å². The van der Waals surface area contributed by atoms with Gasteiger partial charge in [0, 0.05) is 11.4 Å². The molecular formula is C19H23N3O5S. The fourth-order valence-corrected chi connectivity index (χ4v) is 2.66. The van der Waals surface area contributed by atoms with Crippen LogP contribution >= 0.6 is 11.3 Å². The minimum absolute atomic E-state index is 0.0596. The third kappa shape index (κ3) is 6.99. The number of rotatable bonds is 8. The molecule has 2 aromatic rings. The zero-order valence-electron chi connectivity index (χ0n) is 16.0. The summed E-state index contributed by atoms with van der Waals surface area (Å²) in [5, 5.41) is 7.58. The van der Waals surface area contributed by atoms with E-state index in [2.05, 4.69) is 15.6 Å². The molecule has 0 fully saturated rings. The highest BCUT2D eigenvalue weighted by molar-refractivity contribution is 7.09. The number of esters is 1. The van der Waals surface area contributed by atoms with Crippen molar-refractivity contribution in [2.75, 3.05) is 6.61 Å². The molecule has 150 valence electrons.